The second kappa shape index (κ2) is 6.57. The van der Waals surface area contributed by atoms with E-state index in [9.17, 15) is 0 Å². The average molecular weight is 273 g/mol. The Labute approximate surface area is 120 Å². The summed E-state index contributed by atoms with van der Waals surface area (Å²) in [7, 11) is 1.98. The highest BCUT2D eigenvalue weighted by Gasteiger charge is 2.12. The van der Waals surface area contributed by atoms with Gasteiger partial charge in [-0.3, -0.25) is 0 Å². The molecular weight excluding hydrogens is 250 g/mol. The molecule has 0 amide bonds. The minimum Gasteiger partial charge on any atom is -0.485 e. The fraction of sp³-hybridized carbons (Fsp3) is 0.438. The highest BCUT2D eigenvalue weighted by Crippen LogP contribution is 2.27. The van der Waals surface area contributed by atoms with Crippen molar-refractivity contribution < 1.29 is 4.74 Å². The Morgan fingerprint density at radius 1 is 1.40 bits per heavy atom. The number of aromatic nitrogens is 2. The van der Waals surface area contributed by atoms with Gasteiger partial charge in [-0.15, -0.1) is 0 Å². The van der Waals surface area contributed by atoms with Crippen LogP contribution in [0.5, 0.6) is 5.75 Å². The van der Waals surface area contributed by atoms with Crippen molar-refractivity contribution >= 4 is 0 Å². The zero-order valence-electron chi connectivity index (χ0n) is 12.7. The summed E-state index contributed by atoms with van der Waals surface area (Å²) in [5, 5.41) is 3.43. The normalized spacial score (nSPS) is 12.4. The van der Waals surface area contributed by atoms with Crippen molar-refractivity contribution in [2.45, 2.75) is 33.4 Å². The molecule has 2 aromatic rings. The number of hydrogen-bond donors (Lipinski definition) is 1. The number of hydrogen-bond acceptors (Lipinski definition) is 3. The van der Waals surface area contributed by atoms with Gasteiger partial charge in [0.25, 0.3) is 0 Å². The molecule has 108 valence electrons. The third kappa shape index (κ3) is 3.39. The summed E-state index contributed by atoms with van der Waals surface area (Å²) in [6, 6.07) is 6.62. The van der Waals surface area contributed by atoms with E-state index in [0.717, 1.165) is 18.1 Å². The van der Waals surface area contributed by atoms with Crippen LogP contribution < -0.4 is 10.1 Å². The first-order chi connectivity index (χ1) is 9.61. The van der Waals surface area contributed by atoms with Gasteiger partial charge in [-0.1, -0.05) is 19.1 Å². The zero-order chi connectivity index (χ0) is 14.5. The van der Waals surface area contributed by atoms with Gasteiger partial charge in [0.15, 0.2) is 0 Å². The Kier molecular flexibility index (Phi) is 4.79. The van der Waals surface area contributed by atoms with Gasteiger partial charge in [-0.2, -0.15) is 0 Å². The van der Waals surface area contributed by atoms with Crippen molar-refractivity contribution in [2.24, 2.45) is 7.05 Å². The smallest absolute Gasteiger partial charge is 0.146 e. The van der Waals surface area contributed by atoms with E-state index in [1.54, 1.807) is 6.20 Å². The van der Waals surface area contributed by atoms with Crippen LogP contribution >= 0.6 is 0 Å². The molecule has 0 radical (unpaired) electrons. The van der Waals surface area contributed by atoms with Gasteiger partial charge in [0.2, 0.25) is 0 Å². The minimum atomic E-state index is 0.275. The van der Waals surface area contributed by atoms with Crippen molar-refractivity contribution in [3.05, 3.63) is 47.5 Å². The SMILES string of the molecule is CCNC(C)c1ccc(C)cc1OCc1nccn1C. The fourth-order valence-corrected chi connectivity index (χ4v) is 2.22. The Morgan fingerprint density at radius 2 is 2.20 bits per heavy atom. The van der Waals surface area contributed by atoms with Crippen LogP contribution in [0.3, 0.4) is 0 Å². The van der Waals surface area contributed by atoms with E-state index < -0.39 is 0 Å². The van der Waals surface area contributed by atoms with Gasteiger partial charge in [0.05, 0.1) is 0 Å². The summed E-state index contributed by atoms with van der Waals surface area (Å²) >= 11 is 0. The maximum absolute atomic E-state index is 5.99. The van der Waals surface area contributed by atoms with Crippen LogP contribution in [0.25, 0.3) is 0 Å². The number of nitrogens with zero attached hydrogens (tertiary/aromatic N) is 2. The lowest BCUT2D eigenvalue weighted by atomic mass is 10.0. The lowest BCUT2D eigenvalue weighted by Crippen LogP contribution is -2.18. The molecule has 0 aliphatic heterocycles. The predicted octanol–water partition coefficient (Wildman–Crippen LogP) is 2.98. The van der Waals surface area contributed by atoms with E-state index in [2.05, 4.69) is 49.3 Å². The van der Waals surface area contributed by atoms with Crippen LogP contribution in [0, 0.1) is 6.92 Å². The summed E-state index contributed by atoms with van der Waals surface area (Å²) in [6.07, 6.45) is 3.72. The van der Waals surface area contributed by atoms with E-state index in [4.69, 9.17) is 4.74 Å². The topological polar surface area (TPSA) is 39.1 Å². The molecule has 0 fully saturated rings. The Hall–Kier alpha value is -1.81. The van der Waals surface area contributed by atoms with E-state index in [0.29, 0.717) is 6.61 Å². The molecule has 0 bridgehead atoms. The lowest BCUT2D eigenvalue weighted by molar-refractivity contribution is 0.286. The van der Waals surface area contributed by atoms with Crippen molar-refractivity contribution in [1.82, 2.24) is 14.9 Å². The Balaban J connectivity index is 2.17. The van der Waals surface area contributed by atoms with Crippen LogP contribution in [0.15, 0.2) is 30.6 Å². The monoisotopic (exact) mass is 273 g/mol. The molecule has 0 saturated heterocycles. The molecule has 20 heavy (non-hydrogen) atoms. The molecule has 1 aromatic carbocycles. The summed E-state index contributed by atoms with van der Waals surface area (Å²) in [5.41, 5.74) is 2.39. The Morgan fingerprint density at radius 3 is 2.85 bits per heavy atom. The van der Waals surface area contributed by atoms with Gasteiger partial charge in [-0.05, 0) is 32.0 Å². The van der Waals surface area contributed by atoms with Crippen molar-refractivity contribution in [1.29, 1.82) is 0 Å². The van der Waals surface area contributed by atoms with Crippen molar-refractivity contribution in [2.75, 3.05) is 6.54 Å². The molecule has 0 aliphatic carbocycles. The standard InChI is InChI=1S/C16H23N3O/c1-5-17-13(3)14-7-6-12(2)10-15(14)20-11-16-18-8-9-19(16)4/h6-10,13,17H,5,11H2,1-4H3. The molecule has 1 N–H and O–H groups in total. The largest absolute Gasteiger partial charge is 0.485 e. The quantitative estimate of drug-likeness (QED) is 0.879. The number of rotatable bonds is 6. The van der Waals surface area contributed by atoms with Crippen molar-refractivity contribution in [3.63, 3.8) is 0 Å². The summed E-state index contributed by atoms with van der Waals surface area (Å²) in [6.45, 7) is 7.77. The summed E-state index contributed by atoms with van der Waals surface area (Å²) in [5.74, 6) is 1.86. The maximum atomic E-state index is 5.99. The third-order valence-corrected chi connectivity index (χ3v) is 3.42. The van der Waals surface area contributed by atoms with Crippen molar-refractivity contribution in [3.8, 4) is 5.75 Å². The molecule has 1 heterocycles. The van der Waals surface area contributed by atoms with Gasteiger partial charge >= 0.3 is 0 Å². The number of benzene rings is 1. The molecule has 1 atom stereocenters. The molecular formula is C16H23N3O. The average Bonchev–Trinajstić information content (AvgIpc) is 2.82. The molecule has 4 heteroatoms. The van der Waals surface area contributed by atoms with Crippen LogP contribution in [0.4, 0.5) is 0 Å². The Bertz CT molecular complexity index is 563. The second-order valence-electron chi connectivity index (χ2n) is 5.06. The third-order valence-electron chi connectivity index (χ3n) is 3.42. The fourth-order valence-electron chi connectivity index (χ4n) is 2.22. The first-order valence-corrected chi connectivity index (χ1v) is 7.04. The molecule has 0 spiro atoms. The van der Waals surface area contributed by atoms with E-state index >= 15 is 0 Å². The highest BCUT2D eigenvalue weighted by molar-refractivity contribution is 5.39. The van der Waals surface area contributed by atoms with Crippen LogP contribution in [0.2, 0.25) is 0 Å². The van der Waals surface area contributed by atoms with E-state index in [1.807, 2.05) is 17.8 Å². The van der Waals surface area contributed by atoms with Gasteiger partial charge in [-0.25, -0.2) is 4.98 Å². The summed E-state index contributed by atoms with van der Waals surface area (Å²) in [4.78, 5) is 4.29. The molecule has 0 saturated carbocycles. The van der Waals surface area contributed by atoms with Crippen LogP contribution in [-0.4, -0.2) is 16.1 Å². The van der Waals surface area contributed by atoms with E-state index in [-0.39, 0.29) is 6.04 Å². The minimum absolute atomic E-state index is 0.275. The summed E-state index contributed by atoms with van der Waals surface area (Å²) < 4.78 is 7.96. The predicted molar refractivity (Wildman–Crippen MR) is 80.8 cm³/mol. The number of ether oxygens (including phenoxy) is 1. The molecule has 0 aliphatic rings. The first kappa shape index (κ1) is 14.6. The number of nitrogens with one attached hydrogen (secondary N) is 1. The molecule has 1 aromatic heterocycles. The maximum Gasteiger partial charge on any atom is 0.146 e. The van der Waals surface area contributed by atoms with Gasteiger partial charge in [0, 0.05) is 31.0 Å². The number of imidazole rings is 1. The lowest BCUT2D eigenvalue weighted by Gasteiger charge is -2.18. The number of aryl methyl sites for hydroxylation is 2. The van der Waals surface area contributed by atoms with Crippen LogP contribution in [-0.2, 0) is 13.7 Å². The molecule has 4 nitrogen and oxygen atoms in total. The zero-order valence-corrected chi connectivity index (χ0v) is 12.7. The highest BCUT2D eigenvalue weighted by atomic mass is 16.5. The van der Waals surface area contributed by atoms with Crippen LogP contribution in [0.1, 0.15) is 36.8 Å². The van der Waals surface area contributed by atoms with Gasteiger partial charge < -0.3 is 14.6 Å². The molecule has 2 rings (SSSR count). The molecule has 1 unspecified atom stereocenters. The van der Waals surface area contributed by atoms with E-state index in [1.165, 1.54) is 11.1 Å². The van der Waals surface area contributed by atoms with Gasteiger partial charge in [0.1, 0.15) is 18.2 Å². The first-order valence-electron chi connectivity index (χ1n) is 7.04. The second-order valence-corrected chi connectivity index (χ2v) is 5.06.